The molecule has 0 saturated carbocycles. The molecule has 0 aromatic carbocycles. The van der Waals surface area contributed by atoms with Crippen molar-refractivity contribution in [2.45, 2.75) is 32.1 Å². The van der Waals surface area contributed by atoms with Gasteiger partial charge in [-0.1, -0.05) is 12.8 Å². The molecule has 15 heavy (non-hydrogen) atoms. The lowest BCUT2D eigenvalue weighted by atomic mass is 10.2. The van der Waals surface area contributed by atoms with Crippen molar-refractivity contribution >= 4 is 11.9 Å². The normalized spacial score (nSPS) is 18.1. The molecular weight excluding hydrogens is 194 g/mol. The van der Waals surface area contributed by atoms with Crippen LogP contribution >= 0.6 is 0 Å². The summed E-state index contributed by atoms with van der Waals surface area (Å²) >= 11 is 0. The SMILES string of the molecule is NC(=O)NC(=O)CCN1CCCCCC1. The third kappa shape index (κ3) is 5.37. The number of urea groups is 1. The van der Waals surface area contributed by atoms with Crippen LogP contribution < -0.4 is 11.1 Å². The molecule has 1 rings (SSSR count). The number of rotatable bonds is 3. The van der Waals surface area contributed by atoms with E-state index in [0.717, 1.165) is 19.6 Å². The predicted molar refractivity (Wildman–Crippen MR) is 57.3 cm³/mol. The van der Waals surface area contributed by atoms with Crippen LogP contribution in [0.1, 0.15) is 32.1 Å². The van der Waals surface area contributed by atoms with Gasteiger partial charge >= 0.3 is 6.03 Å². The van der Waals surface area contributed by atoms with E-state index >= 15 is 0 Å². The minimum Gasteiger partial charge on any atom is -0.351 e. The number of primary amides is 1. The van der Waals surface area contributed by atoms with Crippen LogP contribution in [0, 0.1) is 0 Å². The molecule has 0 aromatic rings. The smallest absolute Gasteiger partial charge is 0.318 e. The van der Waals surface area contributed by atoms with Crippen LogP contribution in [0.15, 0.2) is 0 Å². The molecule has 0 bridgehead atoms. The average Bonchev–Trinajstić information content (AvgIpc) is 2.41. The van der Waals surface area contributed by atoms with Crippen LogP contribution in [0.4, 0.5) is 4.79 Å². The first kappa shape index (κ1) is 12.0. The zero-order valence-electron chi connectivity index (χ0n) is 9.00. The van der Waals surface area contributed by atoms with Gasteiger partial charge in [-0.2, -0.15) is 0 Å². The summed E-state index contributed by atoms with van der Waals surface area (Å²) in [5.74, 6) is -0.285. The van der Waals surface area contributed by atoms with E-state index in [1.54, 1.807) is 0 Å². The monoisotopic (exact) mass is 213 g/mol. The highest BCUT2D eigenvalue weighted by molar-refractivity contribution is 5.93. The number of hydrogen-bond donors (Lipinski definition) is 2. The second-order valence-corrected chi connectivity index (χ2v) is 3.92. The Morgan fingerprint density at radius 1 is 1.13 bits per heavy atom. The minimum atomic E-state index is -0.768. The number of carbonyl (C=O) groups is 2. The van der Waals surface area contributed by atoms with Crippen molar-refractivity contribution in [3.05, 3.63) is 0 Å². The van der Waals surface area contributed by atoms with E-state index in [1.165, 1.54) is 25.7 Å². The molecule has 5 heteroatoms. The zero-order chi connectivity index (χ0) is 11.1. The summed E-state index contributed by atoms with van der Waals surface area (Å²) in [6.07, 6.45) is 5.33. The van der Waals surface area contributed by atoms with Gasteiger partial charge in [-0.05, 0) is 25.9 Å². The molecule has 86 valence electrons. The van der Waals surface area contributed by atoms with Crippen LogP contribution in [0.3, 0.4) is 0 Å². The highest BCUT2D eigenvalue weighted by Gasteiger charge is 2.11. The summed E-state index contributed by atoms with van der Waals surface area (Å²) < 4.78 is 0. The topological polar surface area (TPSA) is 75.4 Å². The number of nitrogens with one attached hydrogen (secondary N) is 1. The van der Waals surface area contributed by atoms with Crippen LogP contribution in [0.25, 0.3) is 0 Å². The Kier molecular flexibility index (Phi) is 5.10. The summed E-state index contributed by atoms with van der Waals surface area (Å²) in [6, 6.07) is -0.768. The standard InChI is InChI=1S/C10H19N3O2/c11-10(15)12-9(14)5-8-13-6-3-1-2-4-7-13/h1-8H2,(H3,11,12,14,15). The molecule has 0 aliphatic carbocycles. The van der Waals surface area contributed by atoms with Crippen molar-refractivity contribution in [2.75, 3.05) is 19.6 Å². The first-order valence-corrected chi connectivity index (χ1v) is 5.50. The van der Waals surface area contributed by atoms with Gasteiger partial charge in [0.1, 0.15) is 0 Å². The molecule has 0 radical (unpaired) electrons. The maximum Gasteiger partial charge on any atom is 0.318 e. The maximum absolute atomic E-state index is 11.1. The van der Waals surface area contributed by atoms with Gasteiger partial charge < -0.3 is 10.6 Å². The highest BCUT2D eigenvalue weighted by atomic mass is 16.2. The highest BCUT2D eigenvalue weighted by Crippen LogP contribution is 2.09. The minimum absolute atomic E-state index is 0.285. The molecular formula is C10H19N3O2. The number of nitrogens with zero attached hydrogens (tertiary/aromatic N) is 1. The van der Waals surface area contributed by atoms with Crippen LogP contribution in [-0.4, -0.2) is 36.5 Å². The Bertz CT molecular complexity index is 223. The van der Waals surface area contributed by atoms with E-state index in [1.807, 2.05) is 0 Å². The average molecular weight is 213 g/mol. The summed E-state index contributed by atoms with van der Waals surface area (Å²) in [7, 11) is 0. The lowest BCUT2D eigenvalue weighted by Gasteiger charge is -2.18. The van der Waals surface area contributed by atoms with Crippen molar-refractivity contribution in [1.82, 2.24) is 10.2 Å². The molecule has 1 fully saturated rings. The molecule has 0 aromatic heterocycles. The maximum atomic E-state index is 11.1. The van der Waals surface area contributed by atoms with E-state index in [0.29, 0.717) is 6.42 Å². The second kappa shape index (κ2) is 6.40. The largest absolute Gasteiger partial charge is 0.351 e. The van der Waals surface area contributed by atoms with Gasteiger partial charge in [-0.15, -0.1) is 0 Å². The number of imide groups is 1. The van der Waals surface area contributed by atoms with Gasteiger partial charge in [-0.3, -0.25) is 10.1 Å². The summed E-state index contributed by atoms with van der Waals surface area (Å²) in [6.45, 7) is 2.84. The van der Waals surface area contributed by atoms with Gasteiger partial charge in [0.05, 0.1) is 0 Å². The Balaban J connectivity index is 2.17. The number of hydrogen-bond acceptors (Lipinski definition) is 3. The van der Waals surface area contributed by atoms with Crippen LogP contribution in [0.2, 0.25) is 0 Å². The molecule has 0 unspecified atom stereocenters. The molecule has 1 heterocycles. The van der Waals surface area contributed by atoms with Crippen molar-refractivity contribution in [1.29, 1.82) is 0 Å². The van der Waals surface area contributed by atoms with Gasteiger partial charge in [-0.25, -0.2) is 4.79 Å². The zero-order valence-corrected chi connectivity index (χ0v) is 9.00. The van der Waals surface area contributed by atoms with E-state index in [-0.39, 0.29) is 5.91 Å². The van der Waals surface area contributed by atoms with Crippen LogP contribution in [-0.2, 0) is 4.79 Å². The third-order valence-electron chi connectivity index (χ3n) is 2.62. The fourth-order valence-corrected chi connectivity index (χ4v) is 1.82. The van der Waals surface area contributed by atoms with E-state index in [4.69, 9.17) is 5.73 Å². The third-order valence-corrected chi connectivity index (χ3v) is 2.62. The molecule has 0 spiro atoms. The van der Waals surface area contributed by atoms with Gasteiger partial charge in [0.15, 0.2) is 0 Å². The summed E-state index contributed by atoms with van der Waals surface area (Å²) in [4.78, 5) is 23.8. The fourth-order valence-electron chi connectivity index (χ4n) is 1.82. The van der Waals surface area contributed by atoms with Crippen molar-refractivity contribution in [2.24, 2.45) is 5.73 Å². The quantitative estimate of drug-likeness (QED) is 0.714. The lowest BCUT2D eigenvalue weighted by molar-refractivity contribution is -0.120. The fraction of sp³-hybridized carbons (Fsp3) is 0.800. The van der Waals surface area contributed by atoms with Crippen molar-refractivity contribution in [3.63, 3.8) is 0 Å². The predicted octanol–water partition coefficient (Wildman–Crippen LogP) is 0.447. The molecule has 5 nitrogen and oxygen atoms in total. The second-order valence-electron chi connectivity index (χ2n) is 3.92. The Labute approximate surface area is 90.0 Å². The molecule has 0 atom stereocenters. The Morgan fingerprint density at radius 3 is 2.27 bits per heavy atom. The molecule has 1 saturated heterocycles. The molecule has 1 aliphatic rings. The van der Waals surface area contributed by atoms with Gasteiger partial charge in [0.2, 0.25) is 5.91 Å². The van der Waals surface area contributed by atoms with Crippen molar-refractivity contribution < 1.29 is 9.59 Å². The van der Waals surface area contributed by atoms with Gasteiger partial charge in [0, 0.05) is 13.0 Å². The van der Waals surface area contributed by atoms with E-state index in [9.17, 15) is 9.59 Å². The first-order valence-electron chi connectivity index (χ1n) is 5.50. The number of likely N-dealkylation sites (tertiary alicyclic amines) is 1. The first-order chi connectivity index (χ1) is 7.18. The molecule has 3 N–H and O–H groups in total. The lowest BCUT2D eigenvalue weighted by Crippen LogP contribution is -2.37. The summed E-state index contributed by atoms with van der Waals surface area (Å²) in [5, 5.41) is 2.07. The number of carbonyl (C=O) groups excluding carboxylic acids is 2. The molecule has 3 amide bonds. The molecule has 1 aliphatic heterocycles. The number of amides is 3. The Morgan fingerprint density at radius 2 is 1.73 bits per heavy atom. The summed E-state index contributed by atoms with van der Waals surface area (Å²) in [5.41, 5.74) is 4.84. The Hall–Kier alpha value is -1.10. The number of nitrogens with two attached hydrogens (primary N) is 1. The van der Waals surface area contributed by atoms with Crippen LogP contribution in [0.5, 0.6) is 0 Å². The van der Waals surface area contributed by atoms with E-state index < -0.39 is 6.03 Å². The van der Waals surface area contributed by atoms with E-state index in [2.05, 4.69) is 10.2 Å². The van der Waals surface area contributed by atoms with Gasteiger partial charge in [0.25, 0.3) is 0 Å². The van der Waals surface area contributed by atoms with Crippen molar-refractivity contribution in [3.8, 4) is 0 Å².